The largest absolute Gasteiger partial charge is 0.389 e. The fourth-order valence-electron chi connectivity index (χ4n) is 1.26. The highest BCUT2D eigenvalue weighted by Crippen LogP contribution is 2.18. The second kappa shape index (κ2) is 4.92. The third-order valence-corrected chi connectivity index (χ3v) is 3.38. The highest BCUT2D eigenvalue weighted by molar-refractivity contribution is 7.90. The van der Waals surface area contributed by atoms with Gasteiger partial charge in [-0.25, -0.2) is 8.42 Å². The fourth-order valence-corrected chi connectivity index (χ4v) is 1.89. The molecule has 5 nitrogen and oxygen atoms in total. The summed E-state index contributed by atoms with van der Waals surface area (Å²) in [5, 5.41) is 18.9. The lowest BCUT2D eigenvalue weighted by molar-refractivity contribution is 0.0243. The summed E-state index contributed by atoms with van der Waals surface area (Å²) in [7, 11) is -3.24. The van der Waals surface area contributed by atoms with Crippen molar-refractivity contribution in [1.29, 1.82) is 0 Å². The van der Waals surface area contributed by atoms with Gasteiger partial charge < -0.3 is 15.9 Å². The predicted octanol–water partition coefficient (Wildman–Crippen LogP) is -0.557. The van der Waals surface area contributed by atoms with E-state index >= 15 is 0 Å². The molecule has 0 spiro atoms. The Morgan fingerprint density at radius 2 is 1.75 bits per heavy atom. The van der Waals surface area contributed by atoms with Gasteiger partial charge in [0.2, 0.25) is 0 Å². The molecule has 0 radical (unpaired) electrons. The van der Waals surface area contributed by atoms with Crippen LogP contribution in [0.15, 0.2) is 29.2 Å². The Morgan fingerprint density at radius 3 is 2.12 bits per heavy atom. The zero-order chi connectivity index (χ0) is 12.3. The van der Waals surface area contributed by atoms with Crippen molar-refractivity contribution in [3.63, 3.8) is 0 Å². The first-order chi connectivity index (χ1) is 7.36. The predicted molar refractivity (Wildman–Crippen MR) is 59.6 cm³/mol. The first-order valence-corrected chi connectivity index (χ1v) is 6.61. The van der Waals surface area contributed by atoms with Crippen molar-refractivity contribution in [2.24, 2.45) is 5.73 Å². The summed E-state index contributed by atoms with van der Waals surface area (Å²) in [6, 6.07) is 5.69. The number of aliphatic hydroxyl groups excluding tert-OH is 2. The maximum Gasteiger partial charge on any atom is 0.175 e. The molecule has 0 saturated carbocycles. The zero-order valence-corrected chi connectivity index (χ0v) is 9.68. The van der Waals surface area contributed by atoms with Crippen LogP contribution in [-0.4, -0.2) is 37.5 Å². The number of benzene rings is 1. The Hall–Kier alpha value is -0.950. The molecular formula is C10H15NO4S. The Morgan fingerprint density at radius 1 is 1.25 bits per heavy atom. The molecule has 0 amide bonds. The fraction of sp³-hybridized carbons (Fsp3) is 0.400. The number of sulfone groups is 1. The molecule has 90 valence electrons. The van der Waals surface area contributed by atoms with Gasteiger partial charge in [-0.15, -0.1) is 0 Å². The van der Waals surface area contributed by atoms with Crippen LogP contribution in [0.3, 0.4) is 0 Å². The molecule has 1 aromatic rings. The Balaban J connectivity index is 2.96. The smallest absolute Gasteiger partial charge is 0.175 e. The van der Waals surface area contributed by atoms with Gasteiger partial charge in [-0.3, -0.25) is 0 Å². The first kappa shape index (κ1) is 13.1. The van der Waals surface area contributed by atoms with E-state index < -0.39 is 22.0 Å². The minimum Gasteiger partial charge on any atom is -0.389 e. The van der Waals surface area contributed by atoms with E-state index in [2.05, 4.69) is 0 Å². The van der Waals surface area contributed by atoms with Gasteiger partial charge in [-0.1, -0.05) is 12.1 Å². The molecule has 0 aromatic heterocycles. The average molecular weight is 245 g/mol. The van der Waals surface area contributed by atoms with E-state index in [9.17, 15) is 18.6 Å². The van der Waals surface area contributed by atoms with Crippen LogP contribution in [0.25, 0.3) is 0 Å². The van der Waals surface area contributed by atoms with Crippen LogP contribution in [0.5, 0.6) is 0 Å². The molecule has 0 heterocycles. The molecule has 0 saturated heterocycles. The van der Waals surface area contributed by atoms with E-state index in [1.165, 1.54) is 24.3 Å². The van der Waals surface area contributed by atoms with Gasteiger partial charge in [-0.2, -0.15) is 0 Å². The third-order valence-electron chi connectivity index (χ3n) is 2.26. The Bertz CT molecular complexity index is 440. The normalized spacial score (nSPS) is 15.8. The number of nitrogens with two attached hydrogens (primary N) is 1. The second-order valence-electron chi connectivity index (χ2n) is 3.59. The number of aliphatic hydroxyl groups is 2. The van der Waals surface area contributed by atoms with Crippen molar-refractivity contribution < 1.29 is 18.6 Å². The number of hydrogen-bond donors (Lipinski definition) is 3. The SMILES string of the molecule is CS(=O)(=O)c1ccc(C(O)C(O)CN)cc1. The zero-order valence-electron chi connectivity index (χ0n) is 8.87. The quantitative estimate of drug-likeness (QED) is 0.660. The number of hydrogen-bond acceptors (Lipinski definition) is 5. The standard InChI is InChI=1S/C10H15NO4S/c1-16(14,15)8-4-2-7(3-5-8)10(13)9(12)6-11/h2-5,9-10,12-13H,6,11H2,1H3. The van der Waals surface area contributed by atoms with Gasteiger partial charge in [0.1, 0.15) is 6.10 Å². The van der Waals surface area contributed by atoms with Gasteiger partial charge in [0, 0.05) is 12.8 Å². The van der Waals surface area contributed by atoms with Gasteiger partial charge in [-0.05, 0) is 17.7 Å². The van der Waals surface area contributed by atoms with E-state index in [0.29, 0.717) is 5.56 Å². The minimum atomic E-state index is -3.24. The van der Waals surface area contributed by atoms with Crippen molar-refractivity contribution in [3.8, 4) is 0 Å². The summed E-state index contributed by atoms with van der Waals surface area (Å²) in [6.45, 7) is -0.0605. The van der Waals surface area contributed by atoms with Crippen molar-refractivity contribution >= 4 is 9.84 Å². The van der Waals surface area contributed by atoms with E-state index in [4.69, 9.17) is 5.73 Å². The molecule has 0 aliphatic carbocycles. The van der Waals surface area contributed by atoms with Crippen LogP contribution in [0.1, 0.15) is 11.7 Å². The summed E-state index contributed by atoms with van der Waals surface area (Å²) in [5.41, 5.74) is 5.64. The van der Waals surface area contributed by atoms with Crippen LogP contribution in [0.4, 0.5) is 0 Å². The van der Waals surface area contributed by atoms with Crippen molar-refractivity contribution in [2.75, 3.05) is 12.8 Å². The Labute approximate surface area is 94.4 Å². The highest BCUT2D eigenvalue weighted by Gasteiger charge is 2.17. The maximum atomic E-state index is 11.2. The molecule has 0 fully saturated rings. The number of rotatable bonds is 4. The molecular weight excluding hydrogens is 230 g/mol. The molecule has 16 heavy (non-hydrogen) atoms. The molecule has 1 aromatic carbocycles. The third kappa shape index (κ3) is 3.02. The van der Waals surface area contributed by atoms with Crippen LogP contribution in [0.2, 0.25) is 0 Å². The highest BCUT2D eigenvalue weighted by atomic mass is 32.2. The van der Waals surface area contributed by atoms with Crippen LogP contribution in [-0.2, 0) is 9.84 Å². The van der Waals surface area contributed by atoms with E-state index in [1.54, 1.807) is 0 Å². The maximum absolute atomic E-state index is 11.2. The topological polar surface area (TPSA) is 101 Å². The van der Waals surface area contributed by atoms with Crippen LogP contribution in [0, 0.1) is 0 Å². The van der Waals surface area contributed by atoms with Gasteiger partial charge in [0.15, 0.2) is 9.84 Å². The molecule has 2 unspecified atom stereocenters. The average Bonchev–Trinajstić information content (AvgIpc) is 2.26. The molecule has 0 aliphatic rings. The first-order valence-electron chi connectivity index (χ1n) is 4.72. The molecule has 0 aliphatic heterocycles. The Kier molecular flexibility index (Phi) is 4.03. The van der Waals surface area contributed by atoms with Gasteiger partial charge >= 0.3 is 0 Å². The lowest BCUT2D eigenvalue weighted by Crippen LogP contribution is -2.27. The van der Waals surface area contributed by atoms with Crippen LogP contribution >= 0.6 is 0 Å². The van der Waals surface area contributed by atoms with Crippen molar-refractivity contribution in [3.05, 3.63) is 29.8 Å². The van der Waals surface area contributed by atoms with Crippen molar-refractivity contribution in [1.82, 2.24) is 0 Å². The molecule has 6 heteroatoms. The lowest BCUT2D eigenvalue weighted by atomic mass is 10.0. The van der Waals surface area contributed by atoms with Gasteiger partial charge in [0.05, 0.1) is 11.0 Å². The van der Waals surface area contributed by atoms with Crippen LogP contribution < -0.4 is 5.73 Å². The molecule has 1 rings (SSSR count). The van der Waals surface area contributed by atoms with E-state index in [-0.39, 0.29) is 11.4 Å². The summed E-state index contributed by atoms with van der Waals surface area (Å²) < 4.78 is 22.3. The molecule has 4 N–H and O–H groups in total. The summed E-state index contributed by atoms with van der Waals surface area (Å²) >= 11 is 0. The second-order valence-corrected chi connectivity index (χ2v) is 5.60. The summed E-state index contributed by atoms with van der Waals surface area (Å²) in [4.78, 5) is 0.172. The summed E-state index contributed by atoms with van der Waals surface area (Å²) in [5.74, 6) is 0. The lowest BCUT2D eigenvalue weighted by Gasteiger charge is -2.16. The van der Waals surface area contributed by atoms with E-state index in [0.717, 1.165) is 6.26 Å². The molecule has 0 bridgehead atoms. The van der Waals surface area contributed by atoms with Gasteiger partial charge in [0.25, 0.3) is 0 Å². The van der Waals surface area contributed by atoms with E-state index in [1.807, 2.05) is 0 Å². The summed E-state index contributed by atoms with van der Waals surface area (Å²) in [6.07, 6.45) is -1.05. The van der Waals surface area contributed by atoms with Crippen molar-refractivity contribution in [2.45, 2.75) is 17.1 Å². The minimum absolute atomic E-state index is 0.0605. The molecule has 2 atom stereocenters. The monoisotopic (exact) mass is 245 g/mol.